The minimum Gasteiger partial charge on any atom is -0.258 e. The number of hydrogen-bond donors (Lipinski definition) is 0. The van der Waals surface area contributed by atoms with Gasteiger partial charge in [0, 0.05) is 30.1 Å². The fourth-order valence-corrected chi connectivity index (χ4v) is 4.16. The van der Waals surface area contributed by atoms with Gasteiger partial charge in [-0.2, -0.15) is 22.7 Å². The lowest BCUT2D eigenvalue weighted by Crippen LogP contribution is -2.15. The average Bonchev–Trinajstić information content (AvgIpc) is 3.28. The second-order valence-corrected chi connectivity index (χ2v) is 7.64. The molecule has 136 valence electrons. The molecule has 3 aromatic heterocycles. The summed E-state index contributed by atoms with van der Waals surface area (Å²) in [6.07, 6.45) is 4.70. The molecule has 0 atom stereocenters. The van der Waals surface area contributed by atoms with Gasteiger partial charge in [-0.05, 0) is 30.7 Å². The molecule has 27 heavy (non-hydrogen) atoms. The highest BCUT2D eigenvalue weighted by Gasteiger charge is 2.24. The Morgan fingerprint density at radius 1 is 1.11 bits per heavy atom. The first-order valence-electron chi connectivity index (χ1n) is 7.87. The Bertz CT molecular complexity index is 1290. The van der Waals surface area contributed by atoms with Crippen molar-refractivity contribution < 1.29 is 13.3 Å². The lowest BCUT2D eigenvalue weighted by molar-refractivity contribution is -0.385. The third-order valence-electron chi connectivity index (χ3n) is 4.18. The molecular formula is C17H13N5O4S. The second kappa shape index (κ2) is 6.02. The summed E-state index contributed by atoms with van der Waals surface area (Å²) in [4.78, 5) is 10.2. The van der Waals surface area contributed by atoms with Crippen LogP contribution in [-0.2, 0) is 10.0 Å². The minimum absolute atomic E-state index is 0.161. The van der Waals surface area contributed by atoms with Crippen LogP contribution < -0.4 is 0 Å². The van der Waals surface area contributed by atoms with E-state index in [1.165, 1.54) is 18.3 Å². The third kappa shape index (κ3) is 2.75. The minimum atomic E-state index is -4.08. The van der Waals surface area contributed by atoms with Crippen molar-refractivity contribution in [1.29, 1.82) is 0 Å². The molecule has 0 N–H and O–H groups in total. The number of hydrogen-bond acceptors (Lipinski definition) is 6. The molecule has 4 aromatic rings. The molecule has 0 radical (unpaired) electrons. The normalized spacial score (nSPS) is 11.7. The highest BCUT2D eigenvalue weighted by molar-refractivity contribution is 7.89. The van der Waals surface area contributed by atoms with Gasteiger partial charge in [0.2, 0.25) is 0 Å². The summed E-state index contributed by atoms with van der Waals surface area (Å²) in [6, 6.07) is 10.8. The van der Waals surface area contributed by atoms with Gasteiger partial charge >= 0.3 is 0 Å². The summed E-state index contributed by atoms with van der Waals surface area (Å²) in [5.74, 6) is 0. The molecule has 0 bridgehead atoms. The SMILES string of the molecule is Cc1ccc([N+](=O)[O-])cc1S(=O)(=O)n1ccc(-c2cnn3ccccc23)n1. The van der Waals surface area contributed by atoms with E-state index < -0.39 is 14.9 Å². The number of fused-ring (bicyclic) bond motifs is 1. The van der Waals surface area contributed by atoms with Gasteiger partial charge in [-0.25, -0.2) is 4.52 Å². The van der Waals surface area contributed by atoms with E-state index in [0.717, 1.165) is 15.7 Å². The van der Waals surface area contributed by atoms with Crippen LogP contribution in [0.25, 0.3) is 16.8 Å². The Kier molecular flexibility index (Phi) is 3.77. The van der Waals surface area contributed by atoms with Crippen LogP contribution in [0.1, 0.15) is 5.56 Å². The first kappa shape index (κ1) is 16.9. The molecule has 0 spiro atoms. The zero-order valence-corrected chi connectivity index (χ0v) is 14.9. The van der Waals surface area contributed by atoms with Crippen LogP contribution in [0, 0.1) is 17.0 Å². The van der Waals surface area contributed by atoms with Crippen molar-refractivity contribution in [2.75, 3.05) is 0 Å². The highest BCUT2D eigenvalue weighted by Crippen LogP contribution is 2.26. The van der Waals surface area contributed by atoms with Gasteiger partial charge in [-0.15, -0.1) is 0 Å². The van der Waals surface area contributed by atoms with Gasteiger partial charge in [0.1, 0.15) is 0 Å². The van der Waals surface area contributed by atoms with Gasteiger partial charge in [0.05, 0.1) is 27.2 Å². The van der Waals surface area contributed by atoms with E-state index in [0.29, 0.717) is 16.8 Å². The van der Waals surface area contributed by atoms with E-state index in [4.69, 9.17) is 0 Å². The van der Waals surface area contributed by atoms with Crippen molar-refractivity contribution in [3.63, 3.8) is 0 Å². The zero-order valence-electron chi connectivity index (χ0n) is 14.1. The number of nitro benzene ring substituents is 1. The van der Waals surface area contributed by atoms with Crippen LogP contribution in [0.15, 0.2) is 66.0 Å². The van der Waals surface area contributed by atoms with Gasteiger partial charge < -0.3 is 0 Å². The standard InChI is InChI=1S/C17H13N5O4S/c1-12-5-6-13(22(23)24)10-17(12)27(25,26)21-9-7-15(19-21)14-11-18-20-8-3-2-4-16(14)20/h2-11H,1H3. The third-order valence-corrected chi connectivity index (χ3v) is 5.87. The lowest BCUT2D eigenvalue weighted by Gasteiger charge is -2.07. The van der Waals surface area contributed by atoms with Crippen molar-refractivity contribution in [2.24, 2.45) is 0 Å². The summed E-state index contributed by atoms with van der Waals surface area (Å²) in [5, 5.41) is 19.4. The molecule has 9 nitrogen and oxygen atoms in total. The molecule has 0 aliphatic carbocycles. The number of nitrogens with zero attached hydrogens (tertiary/aromatic N) is 5. The summed E-state index contributed by atoms with van der Waals surface area (Å²) in [6.45, 7) is 1.58. The van der Waals surface area contributed by atoms with Gasteiger partial charge in [-0.1, -0.05) is 12.1 Å². The Hall–Kier alpha value is -3.53. The lowest BCUT2D eigenvalue weighted by atomic mass is 10.2. The Morgan fingerprint density at radius 2 is 1.93 bits per heavy atom. The van der Waals surface area contributed by atoms with Crippen molar-refractivity contribution >= 4 is 21.2 Å². The van der Waals surface area contributed by atoms with Crippen molar-refractivity contribution in [3.8, 4) is 11.3 Å². The molecule has 0 fully saturated rings. The molecule has 0 unspecified atom stereocenters. The van der Waals surface area contributed by atoms with Crippen LogP contribution in [0.3, 0.4) is 0 Å². The number of benzene rings is 1. The quantitative estimate of drug-likeness (QED) is 0.395. The number of pyridine rings is 1. The molecular weight excluding hydrogens is 370 g/mol. The van der Waals surface area contributed by atoms with E-state index in [-0.39, 0.29) is 10.6 Å². The van der Waals surface area contributed by atoms with E-state index in [2.05, 4.69) is 10.2 Å². The molecule has 0 aliphatic heterocycles. The number of rotatable bonds is 4. The Balaban J connectivity index is 1.81. The van der Waals surface area contributed by atoms with Gasteiger partial charge in [-0.3, -0.25) is 10.1 Å². The molecule has 1 aromatic carbocycles. The summed E-state index contributed by atoms with van der Waals surface area (Å²) in [7, 11) is -4.08. The monoisotopic (exact) mass is 383 g/mol. The van der Waals surface area contributed by atoms with Crippen LogP contribution in [-0.4, -0.2) is 32.1 Å². The molecule has 3 heterocycles. The number of nitro groups is 1. The predicted octanol–water partition coefficient (Wildman–Crippen LogP) is 2.65. The van der Waals surface area contributed by atoms with E-state index >= 15 is 0 Å². The molecule has 0 saturated heterocycles. The number of aromatic nitrogens is 4. The van der Waals surface area contributed by atoms with Gasteiger partial charge in [0.25, 0.3) is 15.7 Å². The molecule has 0 saturated carbocycles. The maximum absolute atomic E-state index is 12.9. The topological polar surface area (TPSA) is 112 Å². The van der Waals surface area contributed by atoms with Crippen LogP contribution in [0.4, 0.5) is 5.69 Å². The fraction of sp³-hybridized carbons (Fsp3) is 0.0588. The maximum atomic E-state index is 12.9. The smallest absolute Gasteiger partial charge is 0.258 e. The molecule has 4 rings (SSSR count). The first-order valence-corrected chi connectivity index (χ1v) is 9.31. The van der Waals surface area contributed by atoms with E-state index in [1.807, 2.05) is 18.2 Å². The molecule has 0 amide bonds. The van der Waals surface area contributed by atoms with E-state index in [1.54, 1.807) is 29.9 Å². The van der Waals surface area contributed by atoms with Crippen molar-refractivity contribution in [1.82, 2.24) is 18.8 Å². The largest absolute Gasteiger partial charge is 0.283 e. The van der Waals surface area contributed by atoms with Crippen LogP contribution in [0.2, 0.25) is 0 Å². The van der Waals surface area contributed by atoms with Crippen molar-refractivity contribution in [3.05, 3.63) is 76.7 Å². The Labute approximate surface area is 153 Å². The predicted molar refractivity (Wildman–Crippen MR) is 96.8 cm³/mol. The summed E-state index contributed by atoms with van der Waals surface area (Å²) >= 11 is 0. The fourth-order valence-electron chi connectivity index (χ4n) is 2.80. The van der Waals surface area contributed by atoms with Crippen molar-refractivity contribution in [2.45, 2.75) is 11.8 Å². The second-order valence-electron chi connectivity index (χ2n) is 5.87. The van der Waals surface area contributed by atoms with E-state index in [9.17, 15) is 18.5 Å². The molecule has 0 aliphatic rings. The maximum Gasteiger partial charge on any atom is 0.283 e. The number of non-ortho nitro benzene ring substituents is 1. The first-order chi connectivity index (χ1) is 12.9. The summed E-state index contributed by atoms with van der Waals surface area (Å²) < 4.78 is 28.3. The Morgan fingerprint density at radius 3 is 2.70 bits per heavy atom. The number of aryl methyl sites for hydroxylation is 1. The zero-order chi connectivity index (χ0) is 19.2. The van der Waals surface area contributed by atoms with Crippen LogP contribution >= 0.6 is 0 Å². The average molecular weight is 383 g/mol. The summed E-state index contributed by atoms with van der Waals surface area (Å²) in [5.41, 5.74) is 2.00. The van der Waals surface area contributed by atoms with Gasteiger partial charge in [0.15, 0.2) is 0 Å². The highest BCUT2D eigenvalue weighted by atomic mass is 32.2. The van der Waals surface area contributed by atoms with Crippen LogP contribution in [0.5, 0.6) is 0 Å². The molecule has 10 heteroatoms.